The first-order chi connectivity index (χ1) is 5.45. The summed E-state index contributed by atoms with van der Waals surface area (Å²) < 4.78 is 39.3. The number of rotatable bonds is 5. The van der Waals surface area contributed by atoms with E-state index in [0.717, 1.165) is 0 Å². The fourth-order valence-electron chi connectivity index (χ4n) is 0.450. The van der Waals surface area contributed by atoms with E-state index >= 15 is 0 Å². The summed E-state index contributed by atoms with van der Waals surface area (Å²) in [7, 11) is 0. The van der Waals surface area contributed by atoms with Gasteiger partial charge in [0.25, 0.3) is 0 Å². The van der Waals surface area contributed by atoms with E-state index < -0.39 is 12.6 Å². The molecule has 0 aromatic rings. The third-order valence-electron chi connectivity index (χ3n) is 1.06. The van der Waals surface area contributed by atoms with Crippen molar-refractivity contribution in [3.05, 3.63) is 12.2 Å². The zero-order valence-electron chi connectivity index (χ0n) is 6.52. The maximum absolute atomic E-state index is 11.5. The number of thiol groups is 1. The Morgan fingerprint density at radius 2 is 2.00 bits per heavy atom. The van der Waals surface area contributed by atoms with E-state index in [2.05, 4.69) is 19.2 Å². The van der Waals surface area contributed by atoms with Gasteiger partial charge in [0, 0.05) is 5.75 Å². The van der Waals surface area contributed by atoms with Crippen molar-refractivity contribution in [3.63, 3.8) is 0 Å². The van der Waals surface area contributed by atoms with Crippen molar-refractivity contribution in [2.45, 2.75) is 12.6 Å². The van der Waals surface area contributed by atoms with Crippen molar-refractivity contribution >= 4 is 12.6 Å². The average Bonchev–Trinajstić information content (AvgIpc) is 1.96. The van der Waals surface area contributed by atoms with Gasteiger partial charge in [-0.15, -0.1) is 0 Å². The van der Waals surface area contributed by atoms with Crippen LogP contribution in [0.15, 0.2) is 12.2 Å². The average molecular weight is 200 g/mol. The molecule has 0 N–H and O–H groups in total. The molecule has 1 nitrogen and oxygen atoms in total. The summed E-state index contributed by atoms with van der Waals surface area (Å²) in [6.07, 6.45) is -5.05. The minimum absolute atomic E-state index is 0.152. The summed E-state index contributed by atoms with van der Waals surface area (Å²) in [5.74, 6) is 0.437. The van der Waals surface area contributed by atoms with Crippen molar-refractivity contribution in [3.8, 4) is 0 Å². The lowest BCUT2D eigenvalue weighted by molar-refractivity contribution is -0.144. The number of halogens is 3. The van der Waals surface area contributed by atoms with Gasteiger partial charge in [-0.1, -0.05) is 6.58 Å². The largest absolute Gasteiger partial charge is 0.391 e. The summed E-state index contributed by atoms with van der Waals surface area (Å²) in [6.45, 7) is 3.37. The molecule has 0 aliphatic heterocycles. The first-order valence-corrected chi connectivity index (χ1v) is 4.01. The second-order valence-corrected chi connectivity index (χ2v) is 2.64. The highest BCUT2D eigenvalue weighted by Gasteiger charge is 2.26. The lowest BCUT2D eigenvalue weighted by atomic mass is 10.4. The number of alkyl halides is 3. The first-order valence-electron chi connectivity index (χ1n) is 3.37. The zero-order chi connectivity index (χ0) is 9.61. The Morgan fingerprint density at radius 3 is 2.42 bits per heavy atom. The highest BCUT2D eigenvalue weighted by Crippen LogP contribution is 2.18. The lowest BCUT2D eigenvalue weighted by Crippen LogP contribution is -2.12. The minimum atomic E-state index is -4.14. The maximum atomic E-state index is 11.5. The van der Waals surface area contributed by atoms with Crippen LogP contribution in [-0.2, 0) is 4.74 Å². The van der Waals surface area contributed by atoms with E-state index in [1.165, 1.54) is 0 Å². The Balaban J connectivity index is 3.28. The van der Waals surface area contributed by atoms with Crippen LogP contribution in [0.4, 0.5) is 13.2 Å². The minimum Gasteiger partial charge on any atom is -0.377 e. The van der Waals surface area contributed by atoms with Crippen LogP contribution >= 0.6 is 12.6 Å². The van der Waals surface area contributed by atoms with Crippen molar-refractivity contribution in [1.82, 2.24) is 0 Å². The summed E-state index contributed by atoms with van der Waals surface area (Å²) >= 11 is 3.87. The molecule has 0 rings (SSSR count). The Hall–Kier alpha value is -0.160. The molecule has 0 aromatic heterocycles. The number of hydrogen-bond acceptors (Lipinski definition) is 2. The monoisotopic (exact) mass is 200 g/mol. The van der Waals surface area contributed by atoms with Gasteiger partial charge in [0.1, 0.15) is 0 Å². The molecule has 0 bridgehead atoms. The van der Waals surface area contributed by atoms with E-state index in [4.69, 9.17) is 4.74 Å². The van der Waals surface area contributed by atoms with Crippen LogP contribution in [0.1, 0.15) is 6.42 Å². The van der Waals surface area contributed by atoms with Crippen LogP contribution in [0.3, 0.4) is 0 Å². The Kier molecular flexibility index (Phi) is 5.41. The third-order valence-corrected chi connectivity index (χ3v) is 1.51. The standard InChI is InChI=1S/C7H11F3OS/c1-6(5-12)4-11-3-2-7(8,9)10/h12H,1-5H2. The van der Waals surface area contributed by atoms with Crippen LogP contribution in [0.25, 0.3) is 0 Å². The van der Waals surface area contributed by atoms with E-state index in [9.17, 15) is 13.2 Å². The van der Waals surface area contributed by atoms with Crippen LogP contribution in [0, 0.1) is 0 Å². The van der Waals surface area contributed by atoms with Gasteiger partial charge in [0.15, 0.2) is 0 Å². The Morgan fingerprint density at radius 1 is 1.42 bits per heavy atom. The van der Waals surface area contributed by atoms with Gasteiger partial charge >= 0.3 is 6.18 Å². The molecule has 0 aromatic carbocycles. The molecule has 0 fully saturated rings. The van der Waals surface area contributed by atoms with Gasteiger partial charge in [-0.25, -0.2) is 0 Å². The van der Waals surface area contributed by atoms with E-state index in [1.54, 1.807) is 0 Å². The van der Waals surface area contributed by atoms with Crippen molar-refractivity contribution in [2.75, 3.05) is 19.0 Å². The normalized spacial score (nSPS) is 11.7. The fraction of sp³-hybridized carbons (Fsp3) is 0.714. The zero-order valence-corrected chi connectivity index (χ0v) is 7.42. The van der Waals surface area contributed by atoms with E-state index in [1.807, 2.05) is 0 Å². The smallest absolute Gasteiger partial charge is 0.377 e. The molecule has 0 saturated carbocycles. The van der Waals surface area contributed by atoms with Crippen molar-refractivity contribution in [1.29, 1.82) is 0 Å². The predicted octanol–water partition coefficient (Wildman–Crippen LogP) is 2.44. The molecule has 0 amide bonds. The number of hydrogen-bond donors (Lipinski definition) is 1. The fourth-order valence-corrected chi connectivity index (χ4v) is 0.541. The quantitative estimate of drug-likeness (QED) is 0.407. The van der Waals surface area contributed by atoms with Crippen molar-refractivity contribution < 1.29 is 17.9 Å². The highest BCUT2D eigenvalue weighted by atomic mass is 32.1. The Labute approximate surface area is 75.0 Å². The molecular formula is C7H11F3OS. The SMILES string of the molecule is C=C(CS)COCCC(F)(F)F. The second-order valence-electron chi connectivity index (χ2n) is 2.33. The van der Waals surface area contributed by atoms with Gasteiger partial charge < -0.3 is 4.74 Å². The van der Waals surface area contributed by atoms with Crippen LogP contribution in [0.2, 0.25) is 0 Å². The van der Waals surface area contributed by atoms with Gasteiger partial charge in [0.05, 0.1) is 19.6 Å². The molecule has 0 unspecified atom stereocenters. The van der Waals surface area contributed by atoms with Crippen LogP contribution in [0.5, 0.6) is 0 Å². The van der Waals surface area contributed by atoms with Gasteiger partial charge in [-0.3, -0.25) is 0 Å². The van der Waals surface area contributed by atoms with Gasteiger partial charge in [-0.2, -0.15) is 25.8 Å². The predicted molar refractivity (Wildman–Crippen MR) is 44.5 cm³/mol. The van der Waals surface area contributed by atoms with Crippen molar-refractivity contribution in [2.24, 2.45) is 0 Å². The molecule has 72 valence electrons. The maximum Gasteiger partial charge on any atom is 0.391 e. The Bertz CT molecular complexity index is 144. The van der Waals surface area contributed by atoms with Gasteiger partial charge in [0.2, 0.25) is 0 Å². The van der Waals surface area contributed by atoms with E-state index in [-0.39, 0.29) is 13.2 Å². The molecule has 0 atom stereocenters. The summed E-state index contributed by atoms with van der Waals surface area (Å²) in [6, 6.07) is 0. The molecule has 0 heterocycles. The molecule has 0 saturated heterocycles. The van der Waals surface area contributed by atoms with E-state index in [0.29, 0.717) is 11.3 Å². The molecule has 0 spiro atoms. The lowest BCUT2D eigenvalue weighted by Gasteiger charge is -2.07. The summed E-state index contributed by atoms with van der Waals surface area (Å²) in [5.41, 5.74) is 0.681. The topological polar surface area (TPSA) is 9.23 Å². The highest BCUT2D eigenvalue weighted by molar-refractivity contribution is 7.80. The molecule has 12 heavy (non-hydrogen) atoms. The first kappa shape index (κ1) is 11.8. The summed E-state index contributed by atoms with van der Waals surface area (Å²) in [4.78, 5) is 0. The molecule has 0 aliphatic rings. The van der Waals surface area contributed by atoms with Crippen LogP contribution < -0.4 is 0 Å². The second kappa shape index (κ2) is 5.48. The molecule has 0 radical (unpaired) electrons. The van der Waals surface area contributed by atoms with Gasteiger partial charge in [-0.05, 0) is 5.57 Å². The number of ether oxygens (including phenoxy) is 1. The molecular weight excluding hydrogens is 189 g/mol. The molecule has 0 aliphatic carbocycles. The third kappa shape index (κ3) is 7.94. The van der Waals surface area contributed by atoms with Crippen LogP contribution in [-0.4, -0.2) is 25.1 Å². The molecule has 5 heteroatoms. The summed E-state index contributed by atoms with van der Waals surface area (Å²) in [5, 5.41) is 0.